The molecule has 0 heterocycles. The van der Waals surface area contributed by atoms with Crippen LogP contribution in [-0.2, 0) is 11.3 Å². The normalized spacial score (nSPS) is 11.8. The average Bonchev–Trinajstić information content (AvgIpc) is 2.61. The van der Waals surface area contributed by atoms with Crippen molar-refractivity contribution in [2.45, 2.75) is 19.5 Å². The zero-order chi connectivity index (χ0) is 18.4. The van der Waals surface area contributed by atoms with Crippen molar-refractivity contribution in [3.63, 3.8) is 0 Å². The number of non-ortho nitro benzene ring substituents is 1. The molecule has 7 heteroatoms. The van der Waals surface area contributed by atoms with Crippen LogP contribution in [0.1, 0.15) is 12.5 Å². The first-order chi connectivity index (χ1) is 11.9. The van der Waals surface area contributed by atoms with Gasteiger partial charge in [0.2, 0.25) is 5.91 Å². The van der Waals surface area contributed by atoms with Crippen LogP contribution in [0.25, 0.3) is 0 Å². The van der Waals surface area contributed by atoms with E-state index in [1.54, 1.807) is 6.92 Å². The number of anilines is 1. The van der Waals surface area contributed by atoms with Crippen molar-refractivity contribution < 1.29 is 14.5 Å². The van der Waals surface area contributed by atoms with E-state index >= 15 is 0 Å². The minimum Gasteiger partial charge on any atom is -0.494 e. The van der Waals surface area contributed by atoms with E-state index in [1.165, 1.54) is 25.3 Å². The van der Waals surface area contributed by atoms with Crippen molar-refractivity contribution in [1.29, 1.82) is 0 Å². The first-order valence-corrected chi connectivity index (χ1v) is 7.80. The molecular weight excluding hydrogens is 322 g/mol. The number of methoxy groups -OCH3 is 1. The summed E-state index contributed by atoms with van der Waals surface area (Å²) >= 11 is 0. The molecule has 0 aliphatic rings. The summed E-state index contributed by atoms with van der Waals surface area (Å²) in [6, 6.07) is 13.6. The Morgan fingerprint density at radius 2 is 1.96 bits per heavy atom. The number of carbonyl (C=O) groups excluding carboxylic acids is 1. The van der Waals surface area contributed by atoms with Crippen LogP contribution in [0.4, 0.5) is 11.4 Å². The van der Waals surface area contributed by atoms with Crippen LogP contribution < -0.4 is 10.1 Å². The van der Waals surface area contributed by atoms with Crippen molar-refractivity contribution in [2.24, 2.45) is 0 Å². The van der Waals surface area contributed by atoms with Gasteiger partial charge in [-0.15, -0.1) is 0 Å². The lowest BCUT2D eigenvalue weighted by Gasteiger charge is -2.24. The maximum Gasteiger partial charge on any atom is 0.273 e. The number of nitrogens with zero attached hydrogens (tertiary/aromatic N) is 2. The number of nitro benzene ring substituents is 1. The van der Waals surface area contributed by atoms with E-state index in [1.807, 2.05) is 42.3 Å². The van der Waals surface area contributed by atoms with E-state index in [4.69, 9.17) is 4.74 Å². The topological polar surface area (TPSA) is 84.7 Å². The minimum atomic E-state index is -0.510. The molecule has 7 nitrogen and oxygen atoms in total. The molecule has 132 valence electrons. The number of amides is 1. The van der Waals surface area contributed by atoms with Crippen LogP contribution >= 0.6 is 0 Å². The lowest BCUT2D eigenvalue weighted by molar-refractivity contribution is -0.384. The van der Waals surface area contributed by atoms with Crippen LogP contribution in [0, 0.1) is 10.1 Å². The molecule has 25 heavy (non-hydrogen) atoms. The van der Waals surface area contributed by atoms with E-state index < -0.39 is 4.92 Å². The second-order valence-electron chi connectivity index (χ2n) is 5.71. The highest BCUT2D eigenvalue weighted by Crippen LogP contribution is 2.29. The molecule has 2 aromatic carbocycles. The van der Waals surface area contributed by atoms with Gasteiger partial charge in [0.1, 0.15) is 5.75 Å². The number of ether oxygens (including phenoxy) is 1. The largest absolute Gasteiger partial charge is 0.494 e. The van der Waals surface area contributed by atoms with Crippen molar-refractivity contribution in [3.8, 4) is 5.75 Å². The number of hydrogen-bond donors (Lipinski definition) is 1. The van der Waals surface area contributed by atoms with Gasteiger partial charge in [0.25, 0.3) is 5.69 Å². The van der Waals surface area contributed by atoms with Crippen LogP contribution in [-0.4, -0.2) is 35.9 Å². The summed E-state index contributed by atoms with van der Waals surface area (Å²) in [6.45, 7) is 2.43. The predicted molar refractivity (Wildman–Crippen MR) is 95.6 cm³/mol. The lowest BCUT2D eigenvalue weighted by atomic mass is 10.2. The van der Waals surface area contributed by atoms with Gasteiger partial charge in [-0.3, -0.25) is 19.8 Å². The predicted octanol–water partition coefficient (Wildman–Crippen LogP) is 3.06. The molecule has 0 aliphatic heterocycles. The number of benzene rings is 2. The fraction of sp³-hybridized carbons (Fsp3) is 0.278. The molecule has 0 radical (unpaired) electrons. The Hall–Kier alpha value is -2.93. The van der Waals surface area contributed by atoms with Gasteiger partial charge in [-0.1, -0.05) is 30.3 Å². The maximum absolute atomic E-state index is 12.5. The van der Waals surface area contributed by atoms with Gasteiger partial charge in [0, 0.05) is 12.6 Å². The summed E-state index contributed by atoms with van der Waals surface area (Å²) in [5, 5.41) is 13.6. The summed E-state index contributed by atoms with van der Waals surface area (Å²) in [4.78, 5) is 24.7. The third kappa shape index (κ3) is 4.77. The molecule has 0 saturated carbocycles. The number of carbonyl (C=O) groups is 1. The van der Waals surface area contributed by atoms with Gasteiger partial charge in [0.05, 0.1) is 29.8 Å². The number of nitro groups is 1. The molecule has 1 amide bonds. The van der Waals surface area contributed by atoms with Gasteiger partial charge in [-0.05, 0) is 25.6 Å². The Morgan fingerprint density at radius 3 is 2.56 bits per heavy atom. The van der Waals surface area contributed by atoms with E-state index in [-0.39, 0.29) is 23.4 Å². The summed E-state index contributed by atoms with van der Waals surface area (Å²) in [5.41, 5.74) is 1.42. The highest BCUT2D eigenvalue weighted by Gasteiger charge is 2.20. The standard InChI is InChI=1S/C18H21N3O4/c1-13(20(2)12-14-7-5-4-6-8-14)18(22)19-16-10-9-15(21(23)24)11-17(16)25-3/h4-11,13H,12H2,1-3H3,(H,19,22)/t13-/m1/s1. The van der Waals surface area contributed by atoms with Crippen molar-refractivity contribution in [2.75, 3.05) is 19.5 Å². The van der Waals surface area contributed by atoms with Crippen LogP contribution in [0.5, 0.6) is 5.75 Å². The van der Waals surface area contributed by atoms with Gasteiger partial charge < -0.3 is 10.1 Å². The molecule has 0 bridgehead atoms. The Morgan fingerprint density at radius 1 is 1.28 bits per heavy atom. The molecule has 2 rings (SSSR count). The molecule has 0 unspecified atom stereocenters. The van der Waals surface area contributed by atoms with Gasteiger partial charge >= 0.3 is 0 Å². The van der Waals surface area contributed by atoms with E-state index in [2.05, 4.69) is 5.32 Å². The third-order valence-corrected chi connectivity index (χ3v) is 3.97. The molecule has 0 aliphatic carbocycles. The molecule has 1 N–H and O–H groups in total. The van der Waals surface area contributed by atoms with Gasteiger partial charge in [-0.25, -0.2) is 0 Å². The Kier molecular flexibility index (Phi) is 6.08. The highest BCUT2D eigenvalue weighted by atomic mass is 16.6. The SMILES string of the molecule is COc1cc([N+](=O)[O-])ccc1NC(=O)[C@@H](C)N(C)Cc1ccccc1. The van der Waals surface area contributed by atoms with Crippen LogP contribution in [0.15, 0.2) is 48.5 Å². The monoisotopic (exact) mass is 343 g/mol. The van der Waals surface area contributed by atoms with Crippen molar-refractivity contribution in [3.05, 3.63) is 64.2 Å². The summed E-state index contributed by atoms with van der Waals surface area (Å²) in [6.07, 6.45) is 0. The van der Waals surface area contributed by atoms with E-state index in [0.29, 0.717) is 12.2 Å². The molecule has 0 aromatic heterocycles. The summed E-state index contributed by atoms with van der Waals surface area (Å²) in [7, 11) is 3.27. The first-order valence-electron chi connectivity index (χ1n) is 7.80. The fourth-order valence-corrected chi connectivity index (χ4v) is 2.34. The minimum absolute atomic E-state index is 0.0934. The first kappa shape index (κ1) is 18.4. The van der Waals surface area contributed by atoms with Crippen LogP contribution in [0.2, 0.25) is 0 Å². The number of rotatable bonds is 7. The van der Waals surface area contributed by atoms with Gasteiger partial charge in [0.15, 0.2) is 0 Å². The Bertz CT molecular complexity index is 749. The Labute approximate surface area is 146 Å². The fourth-order valence-electron chi connectivity index (χ4n) is 2.34. The second-order valence-corrected chi connectivity index (χ2v) is 5.71. The van der Waals surface area contributed by atoms with Crippen LogP contribution in [0.3, 0.4) is 0 Å². The molecule has 1 atom stereocenters. The molecule has 0 spiro atoms. The molecular formula is C18H21N3O4. The molecule has 0 fully saturated rings. The summed E-state index contributed by atoms with van der Waals surface area (Å²) in [5.74, 6) is 0.0334. The highest BCUT2D eigenvalue weighted by molar-refractivity contribution is 5.96. The molecule has 0 saturated heterocycles. The van der Waals surface area contributed by atoms with Gasteiger partial charge in [-0.2, -0.15) is 0 Å². The smallest absolute Gasteiger partial charge is 0.273 e. The Balaban J connectivity index is 2.06. The zero-order valence-electron chi connectivity index (χ0n) is 14.4. The number of likely N-dealkylation sites (N-methyl/N-ethyl adjacent to an activating group) is 1. The summed E-state index contributed by atoms with van der Waals surface area (Å²) < 4.78 is 5.14. The quantitative estimate of drug-likeness (QED) is 0.617. The zero-order valence-corrected chi connectivity index (χ0v) is 14.4. The maximum atomic E-state index is 12.5. The lowest BCUT2D eigenvalue weighted by Crippen LogP contribution is -2.39. The third-order valence-electron chi connectivity index (χ3n) is 3.97. The van der Waals surface area contributed by atoms with E-state index in [0.717, 1.165) is 5.56 Å². The second kappa shape index (κ2) is 8.25. The molecule has 2 aromatic rings. The number of hydrogen-bond acceptors (Lipinski definition) is 5. The van der Waals surface area contributed by atoms with E-state index in [9.17, 15) is 14.9 Å². The van der Waals surface area contributed by atoms with Crippen molar-refractivity contribution >= 4 is 17.3 Å². The number of nitrogens with one attached hydrogen (secondary N) is 1. The average molecular weight is 343 g/mol. The van der Waals surface area contributed by atoms with Crippen molar-refractivity contribution in [1.82, 2.24) is 4.90 Å².